The monoisotopic (exact) mass is 294 g/mol. The Morgan fingerprint density at radius 1 is 1.29 bits per heavy atom. The lowest BCUT2D eigenvalue weighted by Crippen LogP contribution is -2.45. The zero-order chi connectivity index (χ0) is 15.2. The lowest BCUT2D eigenvalue weighted by molar-refractivity contribution is 0.121. The van der Waals surface area contributed by atoms with Crippen molar-refractivity contribution >= 4 is 0 Å². The maximum absolute atomic E-state index is 5.40. The number of hydrogen-bond acceptors (Lipinski definition) is 5. The van der Waals surface area contributed by atoms with Crippen LogP contribution in [0.2, 0.25) is 0 Å². The molecule has 0 aromatic carbocycles. The van der Waals surface area contributed by atoms with E-state index in [-0.39, 0.29) is 0 Å². The summed E-state index contributed by atoms with van der Waals surface area (Å²) in [5, 5.41) is 7.65. The summed E-state index contributed by atoms with van der Waals surface area (Å²) in [6, 6.07) is 0.590. The quantitative estimate of drug-likeness (QED) is 0.838. The number of hydrogen-bond donors (Lipinski definition) is 1. The van der Waals surface area contributed by atoms with Gasteiger partial charge in [-0.05, 0) is 31.8 Å². The van der Waals surface area contributed by atoms with Crippen LogP contribution >= 0.6 is 0 Å². The first-order valence-electron chi connectivity index (χ1n) is 8.33. The van der Waals surface area contributed by atoms with E-state index in [1.165, 1.54) is 19.3 Å². The van der Waals surface area contributed by atoms with Crippen molar-refractivity contribution in [3.05, 3.63) is 11.7 Å². The summed E-state index contributed by atoms with van der Waals surface area (Å²) in [5.41, 5.74) is 0. The molecule has 0 bridgehead atoms. The third-order valence-corrected chi connectivity index (χ3v) is 4.02. The molecule has 21 heavy (non-hydrogen) atoms. The third kappa shape index (κ3) is 5.08. The molecule has 0 radical (unpaired) electrons. The van der Waals surface area contributed by atoms with Crippen LogP contribution in [0.25, 0.3) is 0 Å². The van der Waals surface area contributed by atoms with Gasteiger partial charge in [0.2, 0.25) is 5.89 Å². The van der Waals surface area contributed by atoms with Crippen LogP contribution < -0.4 is 5.32 Å². The molecule has 2 heterocycles. The Bertz CT molecular complexity index is 416. The van der Waals surface area contributed by atoms with Crippen molar-refractivity contribution in [2.45, 2.75) is 65.5 Å². The minimum Gasteiger partial charge on any atom is -0.338 e. The highest BCUT2D eigenvalue weighted by atomic mass is 16.5. The summed E-state index contributed by atoms with van der Waals surface area (Å²) in [6.45, 7) is 12.7. The number of nitrogens with one attached hydrogen (secondary N) is 1. The average Bonchev–Trinajstić information content (AvgIpc) is 2.89. The largest absolute Gasteiger partial charge is 0.338 e. The maximum atomic E-state index is 5.40. The van der Waals surface area contributed by atoms with E-state index in [0.29, 0.717) is 17.9 Å². The fourth-order valence-electron chi connectivity index (χ4n) is 2.78. The van der Waals surface area contributed by atoms with Gasteiger partial charge in [0.25, 0.3) is 0 Å². The van der Waals surface area contributed by atoms with Crippen LogP contribution in [0.5, 0.6) is 0 Å². The second-order valence-electron chi connectivity index (χ2n) is 6.87. The zero-order valence-electron chi connectivity index (χ0n) is 13.9. The molecule has 1 aliphatic rings. The Balaban J connectivity index is 1.88. The molecular weight excluding hydrogens is 264 g/mol. The van der Waals surface area contributed by atoms with E-state index in [4.69, 9.17) is 4.52 Å². The van der Waals surface area contributed by atoms with Crippen LogP contribution in [0.4, 0.5) is 0 Å². The highest BCUT2D eigenvalue weighted by Gasteiger charge is 2.24. The number of nitrogens with zero attached hydrogens (tertiary/aromatic N) is 3. The van der Waals surface area contributed by atoms with Crippen molar-refractivity contribution in [2.75, 3.05) is 19.6 Å². The van der Waals surface area contributed by atoms with Crippen molar-refractivity contribution in [3.63, 3.8) is 0 Å². The third-order valence-electron chi connectivity index (χ3n) is 4.02. The Morgan fingerprint density at radius 3 is 2.76 bits per heavy atom. The van der Waals surface area contributed by atoms with Crippen LogP contribution in [0.15, 0.2) is 4.52 Å². The van der Waals surface area contributed by atoms with Crippen LogP contribution in [0.3, 0.4) is 0 Å². The van der Waals surface area contributed by atoms with Gasteiger partial charge in [-0.25, -0.2) is 0 Å². The zero-order valence-corrected chi connectivity index (χ0v) is 13.9. The highest BCUT2D eigenvalue weighted by Crippen LogP contribution is 2.19. The minimum atomic E-state index is 0.326. The van der Waals surface area contributed by atoms with Gasteiger partial charge in [0.05, 0.1) is 6.54 Å². The molecular formula is C16H30N4O. The van der Waals surface area contributed by atoms with Gasteiger partial charge in [-0.3, -0.25) is 4.90 Å². The SMILES string of the molecule is CC(C)CNCC1CCCCN1Cc1nc(C(C)C)no1. The van der Waals surface area contributed by atoms with Gasteiger partial charge < -0.3 is 9.84 Å². The number of aromatic nitrogens is 2. The lowest BCUT2D eigenvalue weighted by atomic mass is 10.0. The van der Waals surface area contributed by atoms with Gasteiger partial charge in [-0.15, -0.1) is 0 Å². The number of likely N-dealkylation sites (tertiary alicyclic amines) is 1. The summed E-state index contributed by atoms with van der Waals surface area (Å²) < 4.78 is 5.40. The van der Waals surface area contributed by atoms with E-state index < -0.39 is 0 Å². The van der Waals surface area contributed by atoms with Gasteiger partial charge in [0.15, 0.2) is 5.82 Å². The first-order chi connectivity index (χ1) is 10.1. The molecule has 1 aliphatic heterocycles. The fourth-order valence-corrected chi connectivity index (χ4v) is 2.78. The molecule has 1 aromatic heterocycles. The van der Waals surface area contributed by atoms with Crippen LogP contribution in [-0.4, -0.2) is 40.7 Å². The normalized spacial score (nSPS) is 20.6. The van der Waals surface area contributed by atoms with E-state index in [1.54, 1.807) is 0 Å². The molecule has 1 aromatic rings. The Morgan fingerprint density at radius 2 is 2.10 bits per heavy atom. The van der Waals surface area contributed by atoms with Crippen molar-refractivity contribution < 1.29 is 4.52 Å². The van der Waals surface area contributed by atoms with E-state index >= 15 is 0 Å². The van der Waals surface area contributed by atoms with Crippen molar-refractivity contribution in [2.24, 2.45) is 5.92 Å². The van der Waals surface area contributed by atoms with Crippen molar-refractivity contribution in [1.29, 1.82) is 0 Å². The predicted octanol–water partition coefficient (Wildman–Crippen LogP) is 2.79. The van der Waals surface area contributed by atoms with Gasteiger partial charge >= 0.3 is 0 Å². The summed E-state index contributed by atoms with van der Waals surface area (Å²) in [6.07, 6.45) is 3.85. The van der Waals surface area contributed by atoms with Gasteiger partial charge in [-0.1, -0.05) is 39.3 Å². The topological polar surface area (TPSA) is 54.2 Å². The van der Waals surface area contributed by atoms with Gasteiger partial charge in [0.1, 0.15) is 0 Å². The molecule has 2 rings (SSSR count). The lowest BCUT2D eigenvalue weighted by Gasteiger charge is -2.35. The Kier molecular flexibility index (Phi) is 6.18. The predicted molar refractivity (Wildman–Crippen MR) is 84.1 cm³/mol. The average molecular weight is 294 g/mol. The van der Waals surface area contributed by atoms with E-state index in [1.807, 2.05) is 0 Å². The van der Waals surface area contributed by atoms with Crippen molar-refractivity contribution in [1.82, 2.24) is 20.4 Å². The Hall–Kier alpha value is -0.940. The smallest absolute Gasteiger partial charge is 0.240 e. The fraction of sp³-hybridized carbons (Fsp3) is 0.875. The molecule has 1 saturated heterocycles. The summed E-state index contributed by atoms with van der Waals surface area (Å²) in [5.74, 6) is 2.60. The second kappa shape index (κ2) is 7.90. The molecule has 1 unspecified atom stereocenters. The summed E-state index contributed by atoms with van der Waals surface area (Å²) in [4.78, 5) is 7.00. The summed E-state index contributed by atoms with van der Waals surface area (Å²) in [7, 11) is 0. The standard InChI is InChI=1S/C16H30N4O/c1-12(2)9-17-10-14-7-5-6-8-20(14)11-15-18-16(13(3)4)19-21-15/h12-14,17H,5-11H2,1-4H3. The van der Waals surface area contributed by atoms with E-state index in [9.17, 15) is 0 Å². The molecule has 0 saturated carbocycles. The molecule has 5 nitrogen and oxygen atoms in total. The number of piperidine rings is 1. The molecule has 1 atom stereocenters. The molecule has 1 N–H and O–H groups in total. The van der Waals surface area contributed by atoms with Gasteiger partial charge in [0, 0.05) is 18.5 Å². The minimum absolute atomic E-state index is 0.326. The second-order valence-corrected chi connectivity index (χ2v) is 6.87. The molecule has 0 spiro atoms. The first-order valence-corrected chi connectivity index (χ1v) is 8.33. The van der Waals surface area contributed by atoms with Crippen LogP contribution in [-0.2, 0) is 6.54 Å². The van der Waals surface area contributed by atoms with Crippen LogP contribution in [0, 0.1) is 5.92 Å². The highest BCUT2D eigenvalue weighted by molar-refractivity contribution is 4.92. The van der Waals surface area contributed by atoms with Gasteiger partial charge in [-0.2, -0.15) is 4.98 Å². The first kappa shape index (κ1) is 16.4. The van der Waals surface area contributed by atoms with Crippen molar-refractivity contribution in [3.8, 4) is 0 Å². The molecule has 1 fully saturated rings. The van der Waals surface area contributed by atoms with Crippen LogP contribution in [0.1, 0.15) is 64.6 Å². The molecule has 0 amide bonds. The molecule has 120 valence electrons. The molecule has 5 heteroatoms. The molecule has 0 aliphatic carbocycles. The number of rotatable bonds is 7. The Labute approximate surface area is 128 Å². The maximum Gasteiger partial charge on any atom is 0.240 e. The van der Waals surface area contributed by atoms with E-state index in [0.717, 1.165) is 37.9 Å². The summed E-state index contributed by atoms with van der Waals surface area (Å²) >= 11 is 0. The van der Waals surface area contributed by atoms with E-state index in [2.05, 4.69) is 48.1 Å².